The molecule has 6 rings (SSSR count). The molecule has 0 N–H and O–H groups in total. The van der Waals surface area contributed by atoms with Crippen molar-refractivity contribution in [3.63, 3.8) is 0 Å². The number of likely N-dealkylation sites (tertiary alicyclic amines) is 1. The lowest BCUT2D eigenvalue weighted by Gasteiger charge is -2.47. The Morgan fingerprint density at radius 1 is 1.16 bits per heavy atom. The maximum Gasteiger partial charge on any atom is 0.267 e. The van der Waals surface area contributed by atoms with Crippen molar-refractivity contribution in [2.75, 3.05) is 13.1 Å². The van der Waals surface area contributed by atoms with E-state index in [1.54, 1.807) is 4.57 Å². The third-order valence-corrected chi connectivity index (χ3v) is 8.15. The molecule has 1 aliphatic carbocycles. The van der Waals surface area contributed by atoms with E-state index < -0.39 is 5.79 Å². The van der Waals surface area contributed by atoms with Crippen molar-refractivity contribution in [1.82, 2.24) is 14.5 Å². The quantitative estimate of drug-likeness (QED) is 0.444. The molecule has 32 heavy (non-hydrogen) atoms. The zero-order valence-electron chi connectivity index (χ0n) is 18.1. The number of rotatable bonds is 2. The molecule has 2 fully saturated rings. The van der Waals surface area contributed by atoms with Crippen LogP contribution in [0.25, 0.3) is 16.6 Å². The molecule has 3 aromatic rings. The summed E-state index contributed by atoms with van der Waals surface area (Å²) in [5.74, 6) is 1.02. The van der Waals surface area contributed by atoms with Gasteiger partial charge >= 0.3 is 0 Å². The van der Waals surface area contributed by atoms with E-state index in [1.165, 1.54) is 19.3 Å². The highest BCUT2D eigenvalue weighted by atomic mass is 127. The molecule has 1 aromatic heterocycles. The molecule has 2 aromatic carbocycles. The Balaban J connectivity index is 1.30. The van der Waals surface area contributed by atoms with Crippen LogP contribution in [0.5, 0.6) is 5.75 Å². The summed E-state index contributed by atoms with van der Waals surface area (Å²) in [5, 5.41) is 0.654. The third-order valence-electron chi connectivity index (χ3n) is 7.25. The van der Waals surface area contributed by atoms with Gasteiger partial charge in [-0.15, -0.1) is 0 Å². The molecule has 0 unspecified atom stereocenters. The van der Waals surface area contributed by atoms with Gasteiger partial charge in [-0.1, -0.05) is 12.5 Å². The highest BCUT2D eigenvalue weighted by molar-refractivity contribution is 14.1. The SMILES string of the molecule is Cc1nc2cccc(I)c2c(=O)n1-c1ccc2c(c1)COC1(CCN(C3CCC3)CC1)O2. The zero-order chi connectivity index (χ0) is 21.9. The average molecular weight is 543 g/mol. The van der Waals surface area contributed by atoms with E-state index in [-0.39, 0.29) is 5.56 Å². The first-order chi connectivity index (χ1) is 15.5. The number of aromatic nitrogens is 2. The molecule has 3 aliphatic rings. The predicted molar refractivity (Wildman–Crippen MR) is 131 cm³/mol. The van der Waals surface area contributed by atoms with Crippen LogP contribution >= 0.6 is 22.6 Å². The van der Waals surface area contributed by atoms with Crippen LogP contribution in [0.3, 0.4) is 0 Å². The van der Waals surface area contributed by atoms with E-state index in [4.69, 9.17) is 9.47 Å². The largest absolute Gasteiger partial charge is 0.462 e. The first kappa shape index (κ1) is 20.6. The van der Waals surface area contributed by atoms with Crippen molar-refractivity contribution in [1.29, 1.82) is 0 Å². The molecule has 0 atom stereocenters. The van der Waals surface area contributed by atoms with Crippen LogP contribution in [0, 0.1) is 10.5 Å². The number of halogens is 1. The fourth-order valence-electron chi connectivity index (χ4n) is 5.19. The molecule has 0 radical (unpaired) electrons. The van der Waals surface area contributed by atoms with Crippen LogP contribution in [0.1, 0.15) is 43.5 Å². The standard InChI is InChI=1S/C25H26IN3O3/c1-16-27-21-7-3-6-20(26)23(21)24(30)29(16)19-8-9-22-17(14-19)15-31-25(32-22)10-12-28(13-11-25)18-4-2-5-18/h3,6-9,14,18H,2,4-5,10-13,15H2,1H3. The van der Waals surface area contributed by atoms with Crippen LogP contribution in [-0.2, 0) is 11.3 Å². The minimum absolute atomic E-state index is 0.0464. The number of piperidine rings is 1. The number of ether oxygens (including phenoxy) is 2. The first-order valence-electron chi connectivity index (χ1n) is 11.4. The molecule has 1 saturated heterocycles. The molecular weight excluding hydrogens is 517 g/mol. The monoisotopic (exact) mass is 543 g/mol. The second-order valence-corrected chi connectivity index (χ2v) is 10.3. The van der Waals surface area contributed by atoms with Crippen LogP contribution in [0.2, 0.25) is 0 Å². The second-order valence-electron chi connectivity index (χ2n) is 9.15. The van der Waals surface area contributed by atoms with Crippen LogP contribution < -0.4 is 10.3 Å². The van der Waals surface area contributed by atoms with Gasteiger partial charge in [0.05, 0.1) is 23.2 Å². The fraction of sp³-hybridized carbons (Fsp3) is 0.440. The summed E-state index contributed by atoms with van der Waals surface area (Å²) in [6.07, 6.45) is 5.83. The number of fused-ring (bicyclic) bond motifs is 2. The lowest BCUT2D eigenvalue weighted by Crippen LogP contribution is -2.54. The molecule has 0 amide bonds. The Morgan fingerprint density at radius 3 is 2.72 bits per heavy atom. The Kier molecular flexibility index (Phi) is 5.04. The highest BCUT2D eigenvalue weighted by Crippen LogP contribution is 2.39. The summed E-state index contributed by atoms with van der Waals surface area (Å²) in [6, 6.07) is 12.5. The van der Waals surface area contributed by atoms with Gasteiger partial charge in [0, 0.05) is 41.1 Å². The predicted octanol–water partition coefficient (Wildman–Crippen LogP) is 4.55. The molecule has 7 heteroatoms. The minimum Gasteiger partial charge on any atom is -0.462 e. The number of hydrogen-bond acceptors (Lipinski definition) is 5. The Bertz CT molecular complexity index is 1260. The van der Waals surface area contributed by atoms with Crippen LogP contribution in [0.4, 0.5) is 0 Å². The van der Waals surface area contributed by atoms with E-state index in [1.807, 2.05) is 43.3 Å². The van der Waals surface area contributed by atoms with Crippen LogP contribution in [-0.4, -0.2) is 39.4 Å². The summed E-state index contributed by atoms with van der Waals surface area (Å²) in [7, 11) is 0. The normalized spacial score (nSPS) is 20.7. The van der Waals surface area contributed by atoms with E-state index >= 15 is 0 Å². The van der Waals surface area contributed by atoms with E-state index in [0.29, 0.717) is 17.8 Å². The maximum absolute atomic E-state index is 13.3. The van der Waals surface area contributed by atoms with E-state index in [0.717, 1.165) is 58.1 Å². The molecule has 6 nitrogen and oxygen atoms in total. The molecule has 3 heterocycles. The minimum atomic E-state index is -0.512. The number of aryl methyl sites for hydroxylation is 1. The topological polar surface area (TPSA) is 56.6 Å². The van der Waals surface area contributed by atoms with E-state index in [9.17, 15) is 4.79 Å². The highest BCUT2D eigenvalue weighted by Gasteiger charge is 2.42. The Morgan fingerprint density at radius 2 is 1.97 bits per heavy atom. The van der Waals surface area contributed by atoms with Gasteiger partial charge in [0.1, 0.15) is 11.6 Å². The van der Waals surface area contributed by atoms with Crippen molar-refractivity contribution in [3.8, 4) is 11.4 Å². The summed E-state index contributed by atoms with van der Waals surface area (Å²) in [5.41, 5.74) is 2.46. The maximum atomic E-state index is 13.3. The van der Waals surface area contributed by atoms with Gasteiger partial charge in [0.15, 0.2) is 0 Å². The summed E-state index contributed by atoms with van der Waals surface area (Å²) < 4.78 is 15.3. The third kappa shape index (κ3) is 3.36. The van der Waals surface area contributed by atoms with Gasteiger partial charge in [-0.25, -0.2) is 4.98 Å². The number of nitrogens with zero attached hydrogens (tertiary/aromatic N) is 3. The van der Waals surface area contributed by atoms with Gasteiger partial charge < -0.3 is 9.47 Å². The summed E-state index contributed by atoms with van der Waals surface area (Å²) in [6.45, 7) is 4.44. The summed E-state index contributed by atoms with van der Waals surface area (Å²) in [4.78, 5) is 20.6. The van der Waals surface area contributed by atoms with Crippen molar-refractivity contribution in [3.05, 3.63) is 61.7 Å². The molecule has 166 valence electrons. The molecular formula is C25H26IN3O3. The fourth-order valence-corrected chi connectivity index (χ4v) is 5.90. The average Bonchev–Trinajstić information content (AvgIpc) is 2.74. The Labute approximate surface area is 200 Å². The first-order valence-corrected chi connectivity index (χ1v) is 12.5. The Hall–Kier alpha value is -1.97. The number of hydrogen-bond donors (Lipinski definition) is 0. The molecule has 1 saturated carbocycles. The molecule has 0 bridgehead atoms. The smallest absolute Gasteiger partial charge is 0.267 e. The van der Waals surface area contributed by atoms with Gasteiger partial charge in [0.2, 0.25) is 5.79 Å². The van der Waals surface area contributed by atoms with Gasteiger partial charge in [-0.05, 0) is 72.7 Å². The van der Waals surface area contributed by atoms with Gasteiger partial charge in [-0.3, -0.25) is 14.3 Å². The summed E-state index contributed by atoms with van der Waals surface area (Å²) >= 11 is 2.20. The van der Waals surface area contributed by atoms with Crippen molar-refractivity contribution >= 4 is 33.5 Å². The van der Waals surface area contributed by atoms with Crippen molar-refractivity contribution in [2.45, 2.75) is 57.5 Å². The van der Waals surface area contributed by atoms with Crippen LogP contribution in [0.15, 0.2) is 41.2 Å². The lowest BCUT2D eigenvalue weighted by atomic mass is 9.89. The van der Waals surface area contributed by atoms with Gasteiger partial charge in [0.25, 0.3) is 5.56 Å². The van der Waals surface area contributed by atoms with E-state index in [2.05, 4.69) is 32.5 Å². The molecule has 2 aliphatic heterocycles. The number of benzene rings is 2. The van der Waals surface area contributed by atoms with Gasteiger partial charge in [-0.2, -0.15) is 0 Å². The second kappa shape index (κ2) is 7.81. The van der Waals surface area contributed by atoms with Crippen molar-refractivity contribution in [2.24, 2.45) is 0 Å². The molecule has 1 spiro atoms. The zero-order valence-corrected chi connectivity index (χ0v) is 20.3. The van der Waals surface area contributed by atoms with Crippen molar-refractivity contribution < 1.29 is 9.47 Å². The lowest BCUT2D eigenvalue weighted by molar-refractivity contribution is -0.231.